The van der Waals surface area contributed by atoms with Crippen molar-refractivity contribution in [1.29, 1.82) is 0 Å². The summed E-state index contributed by atoms with van der Waals surface area (Å²) in [5.74, 6) is -0.488. The van der Waals surface area contributed by atoms with Crippen molar-refractivity contribution in [1.82, 2.24) is 9.55 Å². The zero-order chi connectivity index (χ0) is 22.0. The molecule has 0 fully saturated rings. The topological polar surface area (TPSA) is 111 Å². The number of methoxy groups -OCH3 is 1. The van der Waals surface area contributed by atoms with E-state index in [0.717, 1.165) is 29.0 Å². The van der Waals surface area contributed by atoms with Crippen molar-refractivity contribution >= 4 is 40.1 Å². The lowest BCUT2D eigenvalue weighted by atomic mass is 10.1. The van der Waals surface area contributed by atoms with Gasteiger partial charge in [-0.1, -0.05) is 18.2 Å². The highest BCUT2D eigenvalue weighted by Gasteiger charge is 2.21. The van der Waals surface area contributed by atoms with Crippen molar-refractivity contribution in [2.24, 2.45) is 0 Å². The Kier molecular flexibility index (Phi) is 5.36. The maximum absolute atomic E-state index is 13.0. The highest BCUT2D eigenvalue weighted by atomic mass is 16.5. The maximum Gasteiger partial charge on any atom is 0.328 e. The van der Waals surface area contributed by atoms with E-state index in [4.69, 9.17) is 9.84 Å². The fourth-order valence-electron chi connectivity index (χ4n) is 3.54. The number of anilines is 1. The molecule has 1 aliphatic heterocycles. The highest BCUT2D eigenvalue weighted by Crippen LogP contribution is 2.30. The number of aliphatic carboxylic acids is 1. The average Bonchev–Trinajstić information content (AvgIpc) is 3.15. The molecule has 0 spiro atoms. The van der Waals surface area contributed by atoms with Crippen molar-refractivity contribution in [2.45, 2.75) is 13.0 Å². The SMILES string of the molecule is COc1ccccc1/C=C1\CCn2c1nc1cc(NC(=O)/C=C\C(=O)O)ccc1c2=O. The van der Waals surface area contributed by atoms with Crippen LogP contribution in [0, 0.1) is 0 Å². The van der Waals surface area contributed by atoms with Crippen LogP contribution in [0.3, 0.4) is 0 Å². The van der Waals surface area contributed by atoms with Crippen LogP contribution in [0.25, 0.3) is 22.6 Å². The van der Waals surface area contributed by atoms with Gasteiger partial charge in [0.25, 0.3) is 5.56 Å². The minimum Gasteiger partial charge on any atom is -0.496 e. The van der Waals surface area contributed by atoms with Crippen LogP contribution in [0.5, 0.6) is 5.75 Å². The fraction of sp³-hybridized carbons (Fsp3) is 0.130. The van der Waals surface area contributed by atoms with Gasteiger partial charge in [0.05, 0.1) is 18.0 Å². The van der Waals surface area contributed by atoms with Crippen LogP contribution in [-0.2, 0) is 16.1 Å². The lowest BCUT2D eigenvalue weighted by Crippen LogP contribution is -2.21. The van der Waals surface area contributed by atoms with Crippen LogP contribution in [0.4, 0.5) is 5.69 Å². The first-order valence-electron chi connectivity index (χ1n) is 9.57. The van der Waals surface area contributed by atoms with Crippen molar-refractivity contribution in [3.8, 4) is 5.75 Å². The number of benzene rings is 2. The van der Waals surface area contributed by atoms with Gasteiger partial charge in [0.1, 0.15) is 11.6 Å². The number of amides is 1. The normalized spacial score (nSPS) is 14.2. The molecule has 1 aromatic heterocycles. The molecule has 2 aromatic carbocycles. The molecule has 0 bridgehead atoms. The fourth-order valence-corrected chi connectivity index (χ4v) is 3.54. The molecule has 0 saturated heterocycles. The number of carboxylic acid groups (broad SMARTS) is 1. The van der Waals surface area contributed by atoms with Crippen molar-refractivity contribution in [3.05, 3.63) is 76.4 Å². The molecule has 8 heteroatoms. The van der Waals surface area contributed by atoms with E-state index < -0.39 is 11.9 Å². The van der Waals surface area contributed by atoms with Crippen LogP contribution in [-0.4, -0.2) is 33.6 Å². The summed E-state index contributed by atoms with van der Waals surface area (Å²) >= 11 is 0. The number of carbonyl (C=O) groups excluding carboxylic acids is 1. The second-order valence-corrected chi connectivity index (χ2v) is 6.95. The van der Waals surface area contributed by atoms with Gasteiger partial charge in [-0.2, -0.15) is 0 Å². The van der Waals surface area contributed by atoms with Crippen LogP contribution in [0.1, 0.15) is 17.8 Å². The van der Waals surface area contributed by atoms with Crippen LogP contribution in [0.2, 0.25) is 0 Å². The van der Waals surface area contributed by atoms with Gasteiger partial charge < -0.3 is 15.2 Å². The monoisotopic (exact) mass is 417 g/mol. The van der Waals surface area contributed by atoms with E-state index in [0.29, 0.717) is 35.4 Å². The van der Waals surface area contributed by atoms with Crippen LogP contribution in [0.15, 0.2) is 59.4 Å². The Bertz CT molecular complexity index is 1320. The van der Waals surface area contributed by atoms with E-state index in [2.05, 4.69) is 10.3 Å². The second-order valence-electron chi connectivity index (χ2n) is 6.95. The van der Waals surface area contributed by atoms with Crippen molar-refractivity contribution in [2.75, 3.05) is 12.4 Å². The first-order chi connectivity index (χ1) is 15.0. The van der Waals surface area contributed by atoms with E-state index in [-0.39, 0.29) is 5.56 Å². The average molecular weight is 417 g/mol. The molecule has 4 rings (SSSR count). The lowest BCUT2D eigenvalue weighted by molar-refractivity contribution is -0.131. The molecule has 2 heterocycles. The standard InChI is InChI=1S/C23H19N3O5/c1-31-19-5-3-2-4-14(19)12-15-10-11-26-22(15)25-18-13-16(6-7-17(18)23(26)30)24-20(27)8-9-21(28)29/h2-9,12-13H,10-11H2,1H3,(H,24,27)(H,28,29)/b9-8-,15-12+. The number of nitrogens with zero attached hydrogens (tertiary/aromatic N) is 2. The minimum absolute atomic E-state index is 0.146. The quantitative estimate of drug-likeness (QED) is 0.618. The zero-order valence-corrected chi connectivity index (χ0v) is 16.7. The van der Waals surface area contributed by atoms with E-state index in [1.54, 1.807) is 29.9 Å². The van der Waals surface area contributed by atoms with Crippen LogP contribution < -0.4 is 15.6 Å². The van der Waals surface area contributed by atoms with E-state index >= 15 is 0 Å². The van der Waals surface area contributed by atoms with Crippen LogP contribution >= 0.6 is 0 Å². The Balaban J connectivity index is 1.74. The summed E-state index contributed by atoms with van der Waals surface area (Å²) in [5, 5.41) is 11.6. The molecule has 156 valence electrons. The molecule has 0 aliphatic carbocycles. The Morgan fingerprint density at radius 3 is 2.77 bits per heavy atom. The molecule has 8 nitrogen and oxygen atoms in total. The largest absolute Gasteiger partial charge is 0.496 e. The summed E-state index contributed by atoms with van der Waals surface area (Å²) in [4.78, 5) is 40.0. The number of nitrogens with one attached hydrogen (secondary N) is 1. The predicted octanol–water partition coefficient (Wildman–Crippen LogP) is 2.93. The lowest BCUT2D eigenvalue weighted by Gasteiger charge is -2.08. The predicted molar refractivity (Wildman–Crippen MR) is 117 cm³/mol. The zero-order valence-electron chi connectivity index (χ0n) is 16.7. The van der Waals surface area contributed by atoms with E-state index in [1.165, 1.54) is 0 Å². The van der Waals surface area contributed by atoms with Gasteiger partial charge in [0.2, 0.25) is 5.91 Å². The van der Waals surface area contributed by atoms with Gasteiger partial charge in [-0.25, -0.2) is 9.78 Å². The number of aromatic nitrogens is 2. The third kappa shape index (κ3) is 4.09. The molecule has 3 aromatic rings. The summed E-state index contributed by atoms with van der Waals surface area (Å²) in [6.45, 7) is 0.538. The highest BCUT2D eigenvalue weighted by molar-refractivity contribution is 6.03. The molecule has 0 radical (unpaired) electrons. The number of hydrogen-bond donors (Lipinski definition) is 2. The molecular formula is C23H19N3O5. The number of hydrogen-bond acceptors (Lipinski definition) is 5. The number of para-hydroxylation sites is 1. The summed E-state index contributed by atoms with van der Waals surface area (Å²) in [6, 6.07) is 12.4. The number of allylic oxidation sites excluding steroid dienone is 1. The number of rotatable bonds is 5. The summed E-state index contributed by atoms with van der Waals surface area (Å²) in [5.41, 5.74) is 2.53. The Labute approximate surface area is 177 Å². The maximum atomic E-state index is 13.0. The number of ether oxygens (including phenoxy) is 1. The van der Waals surface area contributed by atoms with Gasteiger partial charge in [0, 0.05) is 29.9 Å². The third-order valence-corrected chi connectivity index (χ3v) is 4.96. The Hall–Kier alpha value is -4.20. The van der Waals surface area contributed by atoms with Crippen molar-refractivity contribution < 1.29 is 19.4 Å². The van der Waals surface area contributed by atoms with Gasteiger partial charge in [0.15, 0.2) is 0 Å². The molecular weight excluding hydrogens is 398 g/mol. The van der Waals surface area contributed by atoms with Crippen molar-refractivity contribution in [3.63, 3.8) is 0 Å². The van der Waals surface area contributed by atoms with E-state index in [9.17, 15) is 14.4 Å². The number of carbonyl (C=O) groups is 2. The molecule has 1 amide bonds. The Morgan fingerprint density at radius 2 is 2.00 bits per heavy atom. The molecule has 2 N–H and O–H groups in total. The summed E-state index contributed by atoms with van der Waals surface area (Å²) in [7, 11) is 1.61. The third-order valence-electron chi connectivity index (χ3n) is 4.96. The second kappa shape index (κ2) is 8.27. The molecule has 31 heavy (non-hydrogen) atoms. The number of fused-ring (bicyclic) bond motifs is 2. The van der Waals surface area contributed by atoms with Gasteiger partial charge in [-0.15, -0.1) is 0 Å². The smallest absolute Gasteiger partial charge is 0.328 e. The molecule has 1 aliphatic rings. The summed E-state index contributed by atoms with van der Waals surface area (Å²) < 4.78 is 7.06. The first-order valence-corrected chi connectivity index (χ1v) is 9.57. The van der Waals surface area contributed by atoms with E-state index in [1.807, 2.05) is 30.3 Å². The molecule has 0 unspecified atom stereocenters. The Morgan fingerprint density at radius 1 is 1.19 bits per heavy atom. The molecule has 0 saturated carbocycles. The van der Waals surface area contributed by atoms with Gasteiger partial charge in [-0.3, -0.25) is 14.2 Å². The van der Waals surface area contributed by atoms with Gasteiger partial charge >= 0.3 is 5.97 Å². The number of carboxylic acids is 1. The molecule has 0 atom stereocenters. The minimum atomic E-state index is -1.21. The first kappa shape index (κ1) is 20.1. The van der Waals surface area contributed by atoms with Gasteiger partial charge in [-0.05, 0) is 42.3 Å². The summed E-state index contributed by atoms with van der Waals surface area (Å²) in [6.07, 6.45) is 4.31.